The summed E-state index contributed by atoms with van der Waals surface area (Å²) in [6.07, 6.45) is 7.66. The van der Waals surface area contributed by atoms with E-state index in [0.29, 0.717) is 12.5 Å². The molecular weight excluding hydrogens is 356 g/mol. The van der Waals surface area contributed by atoms with E-state index in [9.17, 15) is 5.11 Å². The van der Waals surface area contributed by atoms with Crippen molar-refractivity contribution in [2.45, 2.75) is 38.3 Å². The van der Waals surface area contributed by atoms with E-state index in [1.807, 2.05) is 32.3 Å². The van der Waals surface area contributed by atoms with Crippen LogP contribution in [0.4, 0.5) is 0 Å². The molecule has 0 saturated carbocycles. The average molecular weight is 389 g/mol. The Morgan fingerprint density at radius 2 is 2.18 bits per heavy atom. The molecule has 2 atom stereocenters. The molecule has 0 amide bonds. The number of hydrogen-bond donors (Lipinski definition) is 3. The van der Waals surface area contributed by atoms with Gasteiger partial charge in [0.15, 0.2) is 5.96 Å². The standard InChI is InChI=1S/C20H32N6O2/c1-4-21-19(23-15-20(2,27)16-12-24-25(3)14-16)22-13-17(18-8-7-11-28-18)26-9-5-6-10-26/h7-8,11-12,14,17,27H,4-6,9-10,13,15H2,1-3H3,(H2,21,22,23). The summed E-state index contributed by atoms with van der Waals surface area (Å²) in [5, 5.41) is 21.6. The Bertz CT molecular complexity index is 747. The number of aromatic nitrogens is 2. The lowest BCUT2D eigenvalue weighted by Gasteiger charge is -2.27. The topological polar surface area (TPSA) is 90.8 Å². The summed E-state index contributed by atoms with van der Waals surface area (Å²) in [6.45, 7) is 7.62. The molecule has 0 aliphatic carbocycles. The summed E-state index contributed by atoms with van der Waals surface area (Å²) >= 11 is 0. The number of furan rings is 1. The summed E-state index contributed by atoms with van der Waals surface area (Å²) in [5.41, 5.74) is -0.327. The number of likely N-dealkylation sites (tertiary alicyclic amines) is 1. The fraction of sp³-hybridized carbons (Fsp3) is 0.600. The maximum atomic E-state index is 10.8. The molecular formula is C20H32N6O2. The summed E-state index contributed by atoms with van der Waals surface area (Å²) in [7, 11) is 1.83. The van der Waals surface area contributed by atoms with E-state index in [1.165, 1.54) is 12.8 Å². The van der Waals surface area contributed by atoms with Crippen LogP contribution in [0.1, 0.15) is 44.1 Å². The van der Waals surface area contributed by atoms with Crippen LogP contribution in [0.5, 0.6) is 0 Å². The first-order valence-electron chi connectivity index (χ1n) is 10.0. The van der Waals surface area contributed by atoms with Crippen molar-refractivity contribution in [1.82, 2.24) is 25.3 Å². The summed E-state index contributed by atoms with van der Waals surface area (Å²) < 4.78 is 7.37. The van der Waals surface area contributed by atoms with Gasteiger partial charge in [-0.15, -0.1) is 0 Å². The van der Waals surface area contributed by atoms with Crippen molar-refractivity contribution in [1.29, 1.82) is 0 Å². The smallest absolute Gasteiger partial charge is 0.191 e. The van der Waals surface area contributed by atoms with Crippen LogP contribution in [0.2, 0.25) is 0 Å². The zero-order valence-electron chi connectivity index (χ0n) is 17.1. The van der Waals surface area contributed by atoms with Crippen LogP contribution >= 0.6 is 0 Å². The second-order valence-electron chi connectivity index (χ2n) is 7.53. The minimum atomic E-state index is -1.08. The normalized spacial score (nSPS) is 18.8. The molecule has 2 unspecified atom stereocenters. The molecule has 2 aromatic rings. The average Bonchev–Trinajstić information content (AvgIpc) is 3.42. The summed E-state index contributed by atoms with van der Waals surface area (Å²) in [5.74, 6) is 1.65. The lowest BCUT2D eigenvalue weighted by atomic mass is 10.0. The van der Waals surface area contributed by atoms with Crippen molar-refractivity contribution in [3.05, 3.63) is 42.1 Å². The van der Waals surface area contributed by atoms with E-state index in [-0.39, 0.29) is 12.6 Å². The van der Waals surface area contributed by atoms with E-state index in [0.717, 1.165) is 31.0 Å². The molecule has 2 aromatic heterocycles. The Morgan fingerprint density at radius 1 is 1.39 bits per heavy atom. The molecule has 0 radical (unpaired) electrons. The lowest BCUT2D eigenvalue weighted by molar-refractivity contribution is 0.0671. The van der Waals surface area contributed by atoms with Gasteiger partial charge >= 0.3 is 0 Å². The van der Waals surface area contributed by atoms with E-state index in [4.69, 9.17) is 4.42 Å². The highest BCUT2D eigenvalue weighted by Gasteiger charge is 2.27. The Labute approximate surface area is 166 Å². The number of nitrogens with one attached hydrogen (secondary N) is 2. The molecule has 0 spiro atoms. The Balaban J connectivity index is 1.66. The van der Waals surface area contributed by atoms with Crippen LogP contribution in [0.25, 0.3) is 0 Å². The van der Waals surface area contributed by atoms with Gasteiger partial charge in [0.25, 0.3) is 0 Å². The van der Waals surface area contributed by atoms with Crippen LogP contribution in [0.3, 0.4) is 0 Å². The third-order valence-corrected chi connectivity index (χ3v) is 5.13. The van der Waals surface area contributed by atoms with Crippen LogP contribution < -0.4 is 10.6 Å². The molecule has 3 heterocycles. The predicted octanol–water partition coefficient (Wildman–Crippen LogP) is 1.61. The highest BCUT2D eigenvalue weighted by molar-refractivity contribution is 5.79. The fourth-order valence-electron chi connectivity index (χ4n) is 3.50. The van der Waals surface area contributed by atoms with Crippen molar-refractivity contribution in [3.63, 3.8) is 0 Å². The number of hydrogen-bond acceptors (Lipinski definition) is 5. The van der Waals surface area contributed by atoms with Crippen LogP contribution in [0.15, 0.2) is 40.2 Å². The van der Waals surface area contributed by atoms with Gasteiger partial charge in [0.2, 0.25) is 0 Å². The van der Waals surface area contributed by atoms with E-state index < -0.39 is 5.60 Å². The SMILES string of the molecule is CCNC(=NCC(C)(O)c1cnn(C)c1)NCC(c1ccco1)N1CCCC1. The van der Waals surface area contributed by atoms with Crippen LogP contribution in [-0.4, -0.2) is 58.5 Å². The summed E-state index contributed by atoms with van der Waals surface area (Å²) in [6, 6.07) is 4.13. The number of nitrogens with zero attached hydrogens (tertiary/aromatic N) is 4. The maximum Gasteiger partial charge on any atom is 0.191 e. The number of guanidine groups is 1. The zero-order chi connectivity index (χ0) is 20.0. The van der Waals surface area contributed by atoms with Gasteiger partial charge in [0.05, 0.1) is 25.0 Å². The van der Waals surface area contributed by atoms with E-state index in [1.54, 1.807) is 24.1 Å². The molecule has 3 N–H and O–H groups in total. The molecule has 28 heavy (non-hydrogen) atoms. The van der Waals surface area contributed by atoms with Gasteiger partial charge in [-0.3, -0.25) is 9.58 Å². The van der Waals surface area contributed by atoms with Crippen molar-refractivity contribution in [2.75, 3.05) is 32.7 Å². The molecule has 1 fully saturated rings. The van der Waals surface area contributed by atoms with Gasteiger partial charge in [-0.05, 0) is 51.9 Å². The molecule has 8 nitrogen and oxygen atoms in total. The molecule has 8 heteroatoms. The van der Waals surface area contributed by atoms with Crippen LogP contribution in [0, 0.1) is 0 Å². The predicted molar refractivity (Wildman–Crippen MR) is 109 cm³/mol. The van der Waals surface area contributed by atoms with Crippen molar-refractivity contribution < 1.29 is 9.52 Å². The monoisotopic (exact) mass is 388 g/mol. The minimum absolute atomic E-state index is 0.167. The second kappa shape index (κ2) is 9.25. The quantitative estimate of drug-likeness (QED) is 0.470. The van der Waals surface area contributed by atoms with Gasteiger partial charge in [-0.25, -0.2) is 4.99 Å². The molecule has 3 rings (SSSR count). The summed E-state index contributed by atoms with van der Waals surface area (Å²) in [4.78, 5) is 7.05. The molecule has 1 aliphatic heterocycles. The Morgan fingerprint density at radius 3 is 2.79 bits per heavy atom. The van der Waals surface area contributed by atoms with E-state index >= 15 is 0 Å². The Kier molecular flexibility index (Phi) is 6.74. The van der Waals surface area contributed by atoms with Crippen molar-refractivity contribution in [3.8, 4) is 0 Å². The lowest BCUT2D eigenvalue weighted by Crippen LogP contribution is -2.43. The zero-order valence-corrected chi connectivity index (χ0v) is 17.1. The molecule has 154 valence electrons. The highest BCUT2D eigenvalue weighted by Crippen LogP contribution is 2.25. The number of aryl methyl sites for hydroxylation is 1. The van der Waals surface area contributed by atoms with Crippen molar-refractivity contribution in [2.24, 2.45) is 12.0 Å². The Hall–Kier alpha value is -2.32. The number of aliphatic hydroxyl groups is 1. The van der Waals surface area contributed by atoms with Crippen LogP contribution in [-0.2, 0) is 12.6 Å². The second-order valence-corrected chi connectivity index (χ2v) is 7.53. The first kappa shape index (κ1) is 20.4. The highest BCUT2D eigenvalue weighted by atomic mass is 16.3. The molecule has 0 aromatic carbocycles. The van der Waals surface area contributed by atoms with Gasteiger partial charge in [-0.1, -0.05) is 0 Å². The largest absolute Gasteiger partial charge is 0.468 e. The fourth-order valence-corrected chi connectivity index (χ4v) is 3.50. The van der Waals surface area contributed by atoms with Gasteiger partial charge < -0.3 is 20.2 Å². The minimum Gasteiger partial charge on any atom is -0.468 e. The van der Waals surface area contributed by atoms with Crippen molar-refractivity contribution >= 4 is 5.96 Å². The number of rotatable bonds is 8. The molecule has 0 bridgehead atoms. The number of aliphatic imine (C=N–C) groups is 1. The maximum absolute atomic E-state index is 10.8. The van der Waals surface area contributed by atoms with E-state index in [2.05, 4.69) is 25.6 Å². The van der Waals surface area contributed by atoms with Gasteiger partial charge in [0.1, 0.15) is 11.4 Å². The molecule has 1 saturated heterocycles. The third-order valence-electron chi connectivity index (χ3n) is 5.13. The molecule has 1 aliphatic rings. The third kappa shape index (κ3) is 5.14. The first-order valence-corrected chi connectivity index (χ1v) is 10.0. The van der Waals surface area contributed by atoms with Gasteiger partial charge in [-0.2, -0.15) is 5.10 Å². The first-order chi connectivity index (χ1) is 13.5. The van der Waals surface area contributed by atoms with Gasteiger partial charge in [0, 0.05) is 31.9 Å².